The Kier molecular flexibility index (Phi) is 8.19. The average Bonchev–Trinajstić information content (AvgIpc) is 3.09. The number of carboxylic acid groups (broad SMARTS) is 1. The Balaban J connectivity index is 1.00. The number of amides is 1. The first-order chi connectivity index (χ1) is 22.9. The topological polar surface area (TPSA) is 77.4 Å². The molecule has 7 heteroatoms. The van der Waals surface area contributed by atoms with Crippen molar-refractivity contribution in [1.82, 2.24) is 0 Å². The van der Waals surface area contributed by atoms with Gasteiger partial charge in [0, 0.05) is 47.6 Å². The average molecular weight is 621 g/mol. The molecule has 7 rings (SSSR count). The lowest BCUT2D eigenvalue weighted by Crippen LogP contribution is -2.42. The molecule has 0 aliphatic carbocycles. The molecular weight excluding hydrogens is 584 g/mol. The first kappa shape index (κ1) is 29.9. The predicted octanol–water partition coefficient (Wildman–Crippen LogP) is 6.27. The third-order valence-corrected chi connectivity index (χ3v) is 8.98. The molecule has 0 spiro atoms. The molecule has 0 radical (unpaired) electrons. The summed E-state index contributed by atoms with van der Waals surface area (Å²) in [6.07, 6.45) is 9.34. The summed E-state index contributed by atoms with van der Waals surface area (Å²) in [4.78, 5) is 26.5. The Bertz CT molecular complexity index is 2090. The molecule has 6 aromatic rings. The summed E-state index contributed by atoms with van der Waals surface area (Å²) in [7, 11) is 1.79. The molecule has 1 amide bonds. The first-order valence-corrected chi connectivity index (χ1v) is 15.8. The third kappa shape index (κ3) is 6.60. The lowest BCUT2D eigenvalue weighted by molar-refractivity contribution is -0.688. The summed E-state index contributed by atoms with van der Waals surface area (Å²) in [5.41, 5.74) is 7.95. The highest BCUT2D eigenvalue weighted by Gasteiger charge is 2.29. The van der Waals surface area contributed by atoms with Crippen LogP contribution in [0.15, 0.2) is 134 Å². The maximum atomic E-state index is 13.2. The summed E-state index contributed by atoms with van der Waals surface area (Å²) in [5, 5.41) is 14.9. The molecule has 7 nitrogen and oxygen atoms in total. The molecule has 1 unspecified atom stereocenters. The van der Waals surface area contributed by atoms with Gasteiger partial charge in [0.25, 0.3) is 5.91 Å². The maximum Gasteiger partial charge on any atom is 0.326 e. The van der Waals surface area contributed by atoms with E-state index in [0.29, 0.717) is 30.6 Å². The van der Waals surface area contributed by atoms with Crippen molar-refractivity contribution < 1.29 is 23.8 Å². The fraction of sp³-hybridized carbons (Fsp3) is 0.150. The van der Waals surface area contributed by atoms with Gasteiger partial charge in [-0.25, -0.2) is 9.36 Å². The highest BCUT2D eigenvalue weighted by Crippen LogP contribution is 2.30. The van der Waals surface area contributed by atoms with E-state index in [9.17, 15) is 14.7 Å². The van der Waals surface area contributed by atoms with Crippen LogP contribution in [0.3, 0.4) is 0 Å². The van der Waals surface area contributed by atoms with Gasteiger partial charge in [0.05, 0.1) is 0 Å². The van der Waals surface area contributed by atoms with Gasteiger partial charge in [-0.1, -0.05) is 54.6 Å². The monoisotopic (exact) mass is 620 g/mol. The van der Waals surface area contributed by atoms with Gasteiger partial charge < -0.3 is 15.3 Å². The molecule has 0 saturated heterocycles. The van der Waals surface area contributed by atoms with E-state index < -0.39 is 12.0 Å². The van der Waals surface area contributed by atoms with E-state index in [2.05, 4.69) is 99.6 Å². The van der Waals surface area contributed by atoms with Crippen molar-refractivity contribution in [3.8, 4) is 11.1 Å². The van der Waals surface area contributed by atoms with Crippen LogP contribution in [-0.2, 0) is 24.3 Å². The summed E-state index contributed by atoms with van der Waals surface area (Å²) < 4.78 is 4.26. The molecule has 1 atom stereocenters. The minimum absolute atomic E-state index is 0.194. The SMILES string of the molecule is CN1c2ccc(C(=O)Nc3ccc[n+](Cc4ccc5cc(C[n+]6ccc(-c7ccccc7)cc6)ccc5c4)c3)cc2CCC1C(=O)O. The van der Waals surface area contributed by atoms with E-state index in [1.165, 1.54) is 33.0 Å². The van der Waals surface area contributed by atoms with Crippen molar-refractivity contribution in [2.45, 2.75) is 32.0 Å². The van der Waals surface area contributed by atoms with Crippen LogP contribution >= 0.6 is 0 Å². The zero-order valence-electron chi connectivity index (χ0n) is 26.2. The number of benzene rings is 4. The van der Waals surface area contributed by atoms with E-state index >= 15 is 0 Å². The number of nitrogens with zero attached hydrogens (tertiary/aromatic N) is 3. The molecule has 2 N–H and O–H groups in total. The predicted molar refractivity (Wildman–Crippen MR) is 183 cm³/mol. The molecule has 4 aromatic carbocycles. The number of aromatic nitrogens is 2. The highest BCUT2D eigenvalue weighted by atomic mass is 16.4. The number of rotatable bonds is 8. The number of hydrogen-bond acceptors (Lipinski definition) is 3. The maximum absolute atomic E-state index is 13.2. The van der Waals surface area contributed by atoms with E-state index in [4.69, 9.17) is 0 Å². The van der Waals surface area contributed by atoms with Gasteiger partial charge >= 0.3 is 5.97 Å². The Labute approximate surface area is 274 Å². The van der Waals surface area contributed by atoms with Crippen molar-refractivity contribution in [3.05, 3.63) is 156 Å². The summed E-state index contributed by atoms with van der Waals surface area (Å²) in [5.74, 6) is -1.02. The Morgan fingerprint density at radius 2 is 1.45 bits per heavy atom. The normalized spacial score (nSPS) is 14.1. The number of carboxylic acids is 1. The zero-order valence-corrected chi connectivity index (χ0v) is 26.2. The standard InChI is InChI=1S/C40H34N4O3/c1-42-37-15-14-35(24-34(37)13-16-38(42)40(46)47)39(45)41-36-8-5-19-44(27-36)26-29-10-12-32-22-28(9-11-33(32)23-29)25-43-20-17-31(18-21-43)30-6-3-2-4-7-30/h2-12,14-15,17-24,27,38H,13,16,25-26H2,1H3/p+2. The van der Waals surface area contributed by atoms with Gasteiger partial charge in [-0.15, -0.1) is 0 Å². The van der Waals surface area contributed by atoms with E-state index in [1.807, 2.05) is 42.7 Å². The fourth-order valence-corrected chi connectivity index (χ4v) is 6.46. The van der Waals surface area contributed by atoms with Crippen LogP contribution in [0.1, 0.15) is 33.5 Å². The molecule has 3 heterocycles. The van der Waals surface area contributed by atoms with Crippen molar-refractivity contribution in [1.29, 1.82) is 0 Å². The number of anilines is 2. The van der Waals surface area contributed by atoms with Crippen molar-refractivity contribution >= 4 is 34.0 Å². The van der Waals surface area contributed by atoms with Gasteiger partial charge in [-0.3, -0.25) is 4.79 Å². The largest absolute Gasteiger partial charge is 0.480 e. The Morgan fingerprint density at radius 1 is 0.766 bits per heavy atom. The number of nitrogens with one attached hydrogen (secondary N) is 1. The molecule has 47 heavy (non-hydrogen) atoms. The molecule has 0 saturated carbocycles. The highest BCUT2D eigenvalue weighted by molar-refractivity contribution is 6.04. The molecule has 1 aliphatic rings. The number of pyridine rings is 2. The van der Waals surface area contributed by atoms with Crippen LogP contribution in [0, 0.1) is 0 Å². The van der Waals surface area contributed by atoms with Crippen LogP contribution in [0.5, 0.6) is 0 Å². The summed E-state index contributed by atoms with van der Waals surface area (Å²) >= 11 is 0. The van der Waals surface area contributed by atoms with Crippen LogP contribution in [0.25, 0.3) is 21.9 Å². The van der Waals surface area contributed by atoms with Gasteiger partial charge in [0.15, 0.2) is 37.9 Å². The number of likely N-dealkylation sites (N-methyl/N-ethyl adjacent to an activating group) is 1. The number of carbonyl (C=O) groups is 2. The van der Waals surface area contributed by atoms with E-state index in [-0.39, 0.29) is 5.91 Å². The van der Waals surface area contributed by atoms with Gasteiger partial charge in [0.2, 0.25) is 0 Å². The minimum atomic E-state index is -0.827. The lowest BCUT2D eigenvalue weighted by Gasteiger charge is -2.33. The van der Waals surface area contributed by atoms with Crippen LogP contribution in [-0.4, -0.2) is 30.1 Å². The van der Waals surface area contributed by atoms with Gasteiger partial charge in [-0.05, 0) is 76.7 Å². The zero-order chi connectivity index (χ0) is 32.3. The second-order valence-corrected chi connectivity index (χ2v) is 12.2. The molecule has 0 fully saturated rings. The quantitative estimate of drug-likeness (QED) is 0.197. The van der Waals surface area contributed by atoms with E-state index in [0.717, 1.165) is 17.8 Å². The molecular formula is C40H36N4O3+2. The molecule has 1 aliphatic heterocycles. The van der Waals surface area contributed by atoms with E-state index in [1.54, 1.807) is 18.0 Å². The fourth-order valence-electron chi connectivity index (χ4n) is 6.46. The first-order valence-electron chi connectivity index (χ1n) is 15.8. The number of aryl methyl sites for hydroxylation is 1. The number of hydrogen-bond donors (Lipinski definition) is 2. The van der Waals surface area contributed by atoms with Crippen molar-refractivity contribution in [2.24, 2.45) is 0 Å². The van der Waals surface area contributed by atoms with Crippen LogP contribution in [0.2, 0.25) is 0 Å². The Hall–Kier alpha value is -5.82. The number of carbonyl (C=O) groups excluding carboxylic acids is 1. The summed E-state index contributed by atoms with van der Waals surface area (Å²) in [6, 6.07) is 36.7. The van der Waals surface area contributed by atoms with Crippen LogP contribution < -0.4 is 19.4 Å². The summed E-state index contributed by atoms with van der Waals surface area (Å²) in [6.45, 7) is 1.47. The Morgan fingerprint density at radius 3 is 2.15 bits per heavy atom. The lowest BCUT2D eigenvalue weighted by atomic mass is 9.94. The van der Waals surface area contributed by atoms with Gasteiger partial charge in [0.1, 0.15) is 11.7 Å². The number of aliphatic carboxylic acids is 1. The molecule has 2 aromatic heterocycles. The van der Waals surface area contributed by atoms with Crippen molar-refractivity contribution in [2.75, 3.05) is 17.3 Å². The molecule has 232 valence electrons. The minimum Gasteiger partial charge on any atom is -0.480 e. The second-order valence-electron chi connectivity index (χ2n) is 12.2. The van der Waals surface area contributed by atoms with Gasteiger partial charge in [-0.2, -0.15) is 4.57 Å². The smallest absolute Gasteiger partial charge is 0.326 e. The molecule has 0 bridgehead atoms. The second kappa shape index (κ2) is 12.9. The third-order valence-electron chi connectivity index (χ3n) is 8.98. The van der Waals surface area contributed by atoms with Crippen molar-refractivity contribution in [3.63, 3.8) is 0 Å². The van der Waals surface area contributed by atoms with Crippen LogP contribution in [0.4, 0.5) is 11.4 Å². The number of fused-ring (bicyclic) bond motifs is 2.